The highest BCUT2D eigenvalue weighted by Crippen LogP contribution is 2.08. The molecule has 7 nitrogen and oxygen atoms in total. The molecule has 0 bridgehead atoms. The van der Waals surface area contributed by atoms with Crippen molar-refractivity contribution < 1.29 is 9.21 Å². The fourth-order valence-corrected chi connectivity index (χ4v) is 2.20. The van der Waals surface area contributed by atoms with E-state index in [4.69, 9.17) is 4.42 Å². The number of carbonyl (C=O) groups excluding carboxylic acids is 1. The van der Waals surface area contributed by atoms with Crippen LogP contribution < -0.4 is 5.32 Å². The lowest BCUT2D eigenvalue weighted by atomic mass is 10.1. The Morgan fingerprint density at radius 3 is 3.09 bits per heavy atom. The predicted molar refractivity (Wildman–Crippen MR) is 83.1 cm³/mol. The fourth-order valence-electron chi connectivity index (χ4n) is 2.20. The minimum atomic E-state index is -0.138. The molecule has 3 rings (SSSR count). The number of furan rings is 1. The van der Waals surface area contributed by atoms with Gasteiger partial charge in [0.05, 0.1) is 6.26 Å². The molecule has 1 amide bonds. The van der Waals surface area contributed by atoms with Gasteiger partial charge in [-0.25, -0.2) is 14.6 Å². The van der Waals surface area contributed by atoms with Crippen molar-refractivity contribution in [2.24, 2.45) is 0 Å². The van der Waals surface area contributed by atoms with Crippen LogP contribution >= 0.6 is 0 Å². The van der Waals surface area contributed by atoms with E-state index in [-0.39, 0.29) is 11.9 Å². The van der Waals surface area contributed by atoms with Crippen molar-refractivity contribution in [1.29, 1.82) is 0 Å². The van der Waals surface area contributed by atoms with E-state index in [0.717, 1.165) is 18.6 Å². The molecule has 0 saturated carbocycles. The van der Waals surface area contributed by atoms with Gasteiger partial charge in [-0.15, -0.1) is 0 Å². The van der Waals surface area contributed by atoms with E-state index in [9.17, 15) is 4.79 Å². The number of nitrogens with zero attached hydrogens (tertiary/aromatic N) is 4. The van der Waals surface area contributed by atoms with Crippen molar-refractivity contribution in [2.45, 2.75) is 25.8 Å². The summed E-state index contributed by atoms with van der Waals surface area (Å²) in [6.07, 6.45) is 7.79. The summed E-state index contributed by atoms with van der Waals surface area (Å²) in [5.41, 5.74) is 0.537. The van der Waals surface area contributed by atoms with Crippen molar-refractivity contribution in [3.8, 4) is 5.82 Å². The Morgan fingerprint density at radius 2 is 2.35 bits per heavy atom. The fraction of sp³-hybridized carbons (Fsp3) is 0.250. The van der Waals surface area contributed by atoms with E-state index < -0.39 is 0 Å². The third kappa shape index (κ3) is 3.82. The second-order valence-corrected chi connectivity index (χ2v) is 5.24. The van der Waals surface area contributed by atoms with Gasteiger partial charge in [-0.3, -0.25) is 4.79 Å². The lowest BCUT2D eigenvalue weighted by Crippen LogP contribution is -2.33. The van der Waals surface area contributed by atoms with Gasteiger partial charge in [-0.1, -0.05) is 0 Å². The molecule has 3 aromatic heterocycles. The highest BCUT2D eigenvalue weighted by atomic mass is 16.3. The van der Waals surface area contributed by atoms with Gasteiger partial charge >= 0.3 is 0 Å². The van der Waals surface area contributed by atoms with Gasteiger partial charge < -0.3 is 9.73 Å². The maximum absolute atomic E-state index is 12.3. The molecule has 118 valence electrons. The van der Waals surface area contributed by atoms with Crippen LogP contribution in [-0.4, -0.2) is 31.7 Å². The van der Waals surface area contributed by atoms with Crippen molar-refractivity contribution in [2.75, 3.05) is 0 Å². The first-order valence-corrected chi connectivity index (χ1v) is 7.36. The second-order valence-electron chi connectivity index (χ2n) is 5.24. The standard InChI is InChI=1S/C16H17N5O2/c1-12(4-5-14-3-2-8-23-14)20-16(22)13-6-7-18-15(9-13)21-11-17-10-19-21/h2-3,6-12H,4-5H2,1H3,(H,20,22). The van der Waals surface area contributed by atoms with Crippen LogP contribution in [-0.2, 0) is 6.42 Å². The Hall–Kier alpha value is -2.96. The smallest absolute Gasteiger partial charge is 0.251 e. The number of hydrogen-bond acceptors (Lipinski definition) is 5. The van der Waals surface area contributed by atoms with E-state index in [1.54, 1.807) is 24.6 Å². The van der Waals surface area contributed by atoms with Gasteiger partial charge in [0.2, 0.25) is 0 Å². The van der Waals surface area contributed by atoms with Crippen LogP contribution in [0.25, 0.3) is 5.82 Å². The molecule has 1 unspecified atom stereocenters. The summed E-state index contributed by atoms with van der Waals surface area (Å²) in [5, 5.41) is 6.98. The van der Waals surface area contributed by atoms with Crippen LogP contribution in [0.15, 0.2) is 53.8 Å². The van der Waals surface area contributed by atoms with Crippen LogP contribution in [0.3, 0.4) is 0 Å². The molecule has 0 aliphatic carbocycles. The number of aromatic nitrogens is 4. The monoisotopic (exact) mass is 311 g/mol. The van der Waals surface area contributed by atoms with E-state index in [1.165, 1.54) is 17.3 Å². The number of nitrogens with one attached hydrogen (secondary N) is 1. The molecule has 0 aromatic carbocycles. The first-order chi connectivity index (χ1) is 11.2. The zero-order valence-corrected chi connectivity index (χ0v) is 12.7. The minimum Gasteiger partial charge on any atom is -0.469 e. The molecule has 3 aromatic rings. The Kier molecular flexibility index (Phi) is 4.46. The van der Waals surface area contributed by atoms with Gasteiger partial charge in [0.25, 0.3) is 5.91 Å². The molecule has 23 heavy (non-hydrogen) atoms. The molecule has 0 radical (unpaired) electrons. The first kappa shape index (κ1) is 15.0. The summed E-state index contributed by atoms with van der Waals surface area (Å²) in [4.78, 5) is 20.4. The van der Waals surface area contributed by atoms with Gasteiger partial charge in [-0.2, -0.15) is 5.10 Å². The Labute approximate surface area is 133 Å². The number of pyridine rings is 1. The summed E-state index contributed by atoms with van der Waals surface area (Å²) in [7, 11) is 0. The lowest BCUT2D eigenvalue weighted by Gasteiger charge is -2.13. The number of carbonyl (C=O) groups is 1. The summed E-state index contributed by atoms with van der Waals surface area (Å²) in [6, 6.07) is 7.19. The van der Waals surface area contributed by atoms with Gasteiger partial charge in [0.1, 0.15) is 18.4 Å². The zero-order valence-electron chi connectivity index (χ0n) is 12.7. The van der Waals surface area contributed by atoms with E-state index in [1.807, 2.05) is 19.1 Å². The maximum atomic E-state index is 12.3. The molecule has 7 heteroatoms. The number of amides is 1. The molecular formula is C16H17N5O2. The molecule has 0 aliphatic heterocycles. The molecule has 0 saturated heterocycles. The van der Waals surface area contributed by atoms with Crippen molar-refractivity contribution in [3.05, 3.63) is 60.7 Å². The zero-order chi connectivity index (χ0) is 16.1. The quantitative estimate of drug-likeness (QED) is 0.752. The van der Waals surface area contributed by atoms with Crippen molar-refractivity contribution in [3.63, 3.8) is 0 Å². The van der Waals surface area contributed by atoms with Crippen molar-refractivity contribution >= 4 is 5.91 Å². The molecule has 1 atom stereocenters. The lowest BCUT2D eigenvalue weighted by molar-refractivity contribution is 0.0938. The molecule has 1 N–H and O–H groups in total. The Bertz CT molecular complexity index is 753. The third-order valence-corrected chi connectivity index (χ3v) is 3.44. The molecular weight excluding hydrogens is 294 g/mol. The number of hydrogen-bond donors (Lipinski definition) is 1. The minimum absolute atomic E-state index is 0.0376. The molecule has 0 aliphatic rings. The van der Waals surface area contributed by atoms with E-state index >= 15 is 0 Å². The van der Waals surface area contributed by atoms with Crippen LogP contribution in [0.2, 0.25) is 0 Å². The third-order valence-electron chi connectivity index (χ3n) is 3.44. The largest absolute Gasteiger partial charge is 0.469 e. The average molecular weight is 311 g/mol. The maximum Gasteiger partial charge on any atom is 0.251 e. The van der Waals surface area contributed by atoms with Crippen molar-refractivity contribution in [1.82, 2.24) is 25.1 Å². The molecule has 0 fully saturated rings. The van der Waals surface area contributed by atoms with Gasteiger partial charge in [-0.05, 0) is 37.6 Å². The first-order valence-electron chi connectivity index (χ1n) is 7.36. The summed E-state index contributed by atoms with van der Waals surface area (Å²) in [6.45, 7) is 1.97. The summed E-state index contributed by atoms with van der Waals surface area (Å²) >= 11 is 0. The van der Waals surface area contributed by atoms with Crippen LogP contribution in [0, 0.1) is 0 Å². The average Bonchev–Trinajstić information content (AvgIpc) is 3.26. The summed E-state index contributed by atoms with van der Waals surface area (Å²) in [5.74, 6) is 1.34. The number of aryl methyl sites for hydroxylation is 1. The Morgan fingerprint density at radius 1 is 1.43 bits per heavy atom. The highest BCUT2D eigenvalue weighted by molar-refractivity contribution is 5.94. The molecule has 3 heterocycles. The van der Waals surface area contributed by atoms with Crippen LogP contribution in [0.5, 0.6) is 0 Å². The van der Waals surface area contributed by atoms with Gasteiger partial charge in [0, 0.05) is 24.2 Å². The SMILES string of the molecule is CC(CCc1ccco1)NC(=O)c1ccnc(-n2cncn2)c1. The van der Waals surface area contributed by atoms with E-state index in [2.05, 4.69) is 20.4 Å². The van der Waals surface area contributed by atoms with Gasteiger partial charge in [0.15, 0.2) is 5.82 Å². The predicted octanol–water partition coefficient (Wildman–Crippen LogP) is 2.01. The highest BCUT2D eigenvalue weighted by Gasteiger charge is 2.12. The Balaban J connectivity index is 1.60. The summed E-state index contributed by atoms with van der Waals surface area (Å²) < 4.78 is 6.81. The second kappa shape index (κ2) is 6.87. The topological polar surface area (TPSA) is 85.8 Å². The number of rotatable bonds is 6. The van der Waals surface area contributed by atoms with Crippen LogP contribution in [0.1, 0.15) is 29.5 Å². The van der Waals surface area contributed by atoms with E-state index in [0.29, 0.717) is 11.4 Å². The molecule has 0 spiro atoms. The normalized spacial score (nSPS) is 12.0. The van der Waals surface area contributed by atoms with Crippen LogP contribution in [0.4, 0.5) is 0 Å².